The quantitative estimate of drug-likeness (QED) is 0.396. The van der Waals surface area contributed by atoms with Gasteiger partial charge in [0.15, 0.2) is 5.75 Å². The van der Waals surface area contributed by atoms with E-state index in [9.17, 15) is 45.5 Å². The van der Waals surface area contributed by atoms with Crippen LogP contribution in [0.2, 0.25) is 0 Å². The van der Waals surface area contributed by atoms with Crippen LogP contribution in [0.4, 0.5) is 32.0 Å². The number of alkyl halides is 6. The average molecular weight is 554 g/mol. The van der Waals surface area contributed by atoms with Gasteiger partial charge in [0.25, 0.3) is 0 Å². The van der Waals surface area contributed by atoms with E-state index >= 15 is 0 Å². The number of anilines is 1. The second kappa shape index (κ2) is 8.82. The first-order chi connectivity index (χ1) is 18.1. The maximum atomic E-state index is 13.6. The Kier molecular flexibility index (Phi) is 6.03. The Bertz CT molecular complexity index is 1320. The topological polar surface area (TPSA) is 84.0 Å². The monoisotopic (exact) mass is 554 g/mol. The van der Waals surface area contributed by atoms with Gasteiger partial charge < -0.3 is 4.74 Å². The van der Waals surface area contributed by atoms with Gasteiger partial charge in [-0.05, 0) is 61.7 Å². The molecular formula is C26H20F6N2O5. The molecule has 7 nitrogen and oxygen atoms in total. The van der Waals surface area contributed by atoms with Crippen LogP contribution in [0.3, 0.4) is 0 Å². The fourth-order valence-electron chi connectivity index (χ4n) is 5.68. The number of hydrogen-bond donors (Lipinski definition) is 0. The molecule has 3 aliphatic rings. The third-order valence-corrected chi connectivity index (χ3v) is 7.52. The minimum absolute atomic E-state index is 0.0282. The molecule has 2 heterocycles. The van der Waals surface area contributed by atoms with Gasteiger partial charge >= 0.3 is 12.4 Å². The molecule has 2 aromatic carbocycles. The maximum absolute atomic E-state index is 13.6. The second-order valence-electron chi connectivity index (χ2n) is 9.93. The Morgan fingerprint density at radius 2 is 1.13 bits per heavy atom. The summed E-state index contributed by atoms with van der Waals surface area (Å²) in [4.78, 5) is 52.9. The summed E-state index contributed by atoms with van der Waals surface area (Å²) < 4.78 is 86.6. The molecule has 0 N–H and O–H groups in total. The van der Waals surface area contributed by atoms with E-state index < -0.39 is 76.5 Å². The molecule has 2 saturated heterocycles. The summed E-state index contributed by atoms with van der Waals surface area (Å²) in [6.45, 7) is 1.10. The van der Waals surface area contributed by atoms with Gasteiger partial charge in [-0.25, -0.2) is 0 Å². The van der Waals surface area contributed by atoms with Crippen molar-refractivity contribution in [2.75, 3.05) is 11.9 Å². The Morgan fingerprint density at radius 1 is 0.718 bits per heavy atom. The van der Waals surface area contributed by atoms with E-state index in [2.05, 4.69) is 0 Å². The van der Waals surface area contributed by atoms with Crippen molar-refractivity contribution in [3.8, 4) is 11.5 Å². The zero-order valence-electron chi connectivity index (χ0n) is 20.4. The zero-order valence-corrected chi connectivity index (χ0v) is 20.4. The number of nitrogens with zero attached hydrogens (tertiary/aromatic N) is 2. The van der Waals surface area contributed by atoms with Crippen molar-refractivity contribution >= 4 is 29.3 Å². The summed E-state index contributed by atoms with van der Waals surface area (Å²) in [5, 5.41) is 0. The van der Waals surface area contributed by atoms with Crippen LogP contribution >= 0.6 is 0 Å². The lowest BCUT2D eigenvalue weighted by atomic mass is 9.70. The Labute approximate surface area is 217 Å². The molecule has 0 spiro atoms. The summed E-state index contributed by atoms with van der Waals surface area (Å²) in [6.07, 6.45) is -10.2. The van der Waals surface area contributed by atoms with Crippen molar-refractivity contribution < 1.29 is 50.3 Å². The number of likely N-dealkylation sites (tertiary alicyclic amines) is 1. The first-order valence-electron chi connectivity index (χ1n) is 11.9. The van der Waals surface area contributed by atoms with Gasteiger partial charge in [0.05, 0.1) is 40.5 Å². The lowest BCUT2D eigenvalue weighted by Crippen LogP contribution is -2.35. The highest BCUT2D eigenvalue weighted by Gasteiger charge is 2.59. The van der Waals surface area contributed by atoms with Gasteiger partial charge in [0.2, 0.25) is 23.6 Å². The average Bonchev–Trinajstić information content (AvgIpc) is 3.22. The highest BCUT2D eigenvalue weighted by atomic mass is 19.4. The lowest BCUT2D eigenvalue weighted by molar-refractivity contribution is -0.145. The number of amides is 4. The summed E-state index contributed by atoms with van der Waals surface area (Å²) in [5.74, 6) is -6.85. The minimum Gasteiger partial charge on any atom is -0.456 e. The molecule has 1 aliphatic carbocycles. The molecule has 206 valence electrons. The summed E-state index contributed by atoms with van der Waals surface area (Å²) in [5.41, 5.74) is -3.44. The number of carbonyl (C=O) groups is 4. The second-order valence-corrected chi connectivity index (χ2v) is 9.93. The standard InChI is InChI=1S/C26H20F6N2O5/c1-11-7-18(25(27,28)29)20(19(8-11)26(30,31)32)39-13-5-3-12(4-6-13)34-23(37)16-9-14-15(10-17(16)24(34)38)22(36)33(2)21(14)35/h3-8,14-17H,9-10H2,1-2H3. The van der Waals surface area contributed by atoms with Crippen molar-refractivity contribution in [2.45, 2.75) is 32.1 Å². The molecule has 0 bridgehead atoms. The fraction of sp³-hybridized carbons (Fsp3) is 0.385. The summed E-state index contributed by atoms with van der Waals surface area (Å²) >= 11 is 0. The molecule has 5 rings (SSSR count). The maximum Gasteiger partial charge on any atom is 0.420 e. The van der Waals surface area contributed by atoms with Gasteiger partial charge in [-0.15, -0.1) is 0 Å². The van der Waals surface area contributed by atoms with E-state index in [-0.39, 0.29) is 29.8 Å². The molecule has 4 atom stereocenters. The molecule has 2 aromatic rings. The SMILES string of the molecule is Cc1cc(C(F)(F)F)c(Oc2ccc(N3C(=O)C4CC5C(=O)N(C)C(=O)C5CC4C3=O)cc2)c(C(F)(F)F)c1. The fourth-order valence-corrected chi connectivity index (χ4v) is 5.68. The Balaban J connectivity index is 1.42. The molecule has 39 heavy (non-hydrogen) atoms. The number of rotatable bonds is 3. The molecule has 0 aromatic heterocycles. The van der Waals surface area contributed by atoms with E-state index in [4.69, 9.17) is 4.74 Å². The number of hydrogen-bond acceptors (Lipinski definition) is 5. The third kappa shape index (κ3) is 4.33. The normalized spacial score (nSPS) is 25.3. The van der Waals surface area contributed by atoms with Crippen LogP contribution in [-0.2, 0) is 31.5 Å². The van der Waals surface area contributed by atoms with Crippen LogP contribution in [0.15, 0.2) is 36.4 Å². The van der Waals surface area contributed by atoms with Crippen LogP contribution in [0.5, 0.6) is 11.5 Å². The largest absolute Gasteiger partial charge is 0.456 e. The van der Waals surface area contributed by atoms with Crippen molar-refractivity contribution in [3.63, 3.8) is 0 Å². The minimum atomic E-state index is -5.14. The van der Waals surface area contributed by atoms with Gasteiger partial charge in [0, 0.05) is 7.05 Å². The van der Waals surface area contributed by atoms with E-state index in [1.807, 2.05) is 0 Å². The third-order valence-electron chi connectivity index (χ3n) is 7.52. The van der Waals surface area contributed by atoms with Crippen molar-refractivity contribution in [3.05, 3.63) is 53.1 Å². The van der Waals surface area contributed by atoms with E-state index in [1.54, 1.807) is 0 Å². The predicted molar refractivity (Wildman–Crippen MR) is 121 cm³/mol. The first kappa shape index (κ1) is 26.7. The molecule has 0 radical (unpaired) electrons. The highest BCUT2D eigenvalue weighted by molar-refractivity contribution is 6.22. The Hall–Kier alpha value is -3.90. The number of ether oxygens (including phenoxy) is 1. The first-order valence-corrected chi connectivity index (χ1v) is 11.9. The number of benzene rings is 2. The molecule has 1 saturated carbocycles. The summed E-state index contributed by atoms with van der Waals surface area (Å²) in [6, 6.07) is 5.53. The molecular weight excluding hydrogens is 534 g/mol. The van der Waals surface area contributed by atoms with Crippen LogP contribution < -0.4 is 9.64 Å². The van der Waals surface area contributed by atoms with E-state index in [0.717, 1.165) is 28.9 Å². The number of halogens is 6. The number of carbonyl (C=O) groups excluding carboxylic acids is 4. The van der Waals surface area contributed by atoms with Gasteiger partial charge in [-0.1, -0.05) is 0 Å². The van der Waals surface area contributed by atoms with Crippen molar-refractivity contribution in [1.82, 2.24) is 4.90 Å². The van der Waals surface area contributed by atoms with Gasteiger partial charge in [-0.2, -0.15) is 26.3 Å². The number of aryl methyl sites for hydroxylation is 1. The highest BCUT2D eigenvalue weighted by Crippen LogP contribution is 2.49. The predicted octanol–water partition coefficient (Wildman–Crippen LogP) is 4.96. The van der Waals surface area contributed by atoms with Crippen molar-refractivity contribution in [1.29, 1.82) is 0 Å². The molecule has 4 unspecified atom stereocenters. The number of fused-ring (bicyclic) bond motifs is 2. The van der Waals surface area contributed by atoms with Crippen LogP contribution in [-0.4, -0.2) is 35.6 Å². The molecule has 2 aliphatic heterocycles. The van der Waals surface area contributed by atoms with Crippen LogP contribution in [0.1, 0.15) is 29.5 Å². The van der Waals surface area contributed by atoms with E-state index in [0.29, 0.717) is 12.1 Å². The molecule has 4 amide bonds. The molecule has 13 heteroatoms. The number of imide groups is 2. The van der Waals surface area contributed by atoms with Gasteiger partial charge in [-0.3, -0.25) is 29.0 Å². The van der Waals surface area contributed by atoms with Gasteiger partial charge in [0.1, 0.15) is 5.75 Å². The smallest absolute Gasteiger partial charge is 0.420 e. The molecule has 3 fully saturated rings. The van der Waals surface area contributed by atoms with E-state index in [1.165, 1.54) is 19.2 Å². The van der Waals surface area contributed by atoms with Crippen LogP contribution in [0.25, 0.3) is 0 Å². The van der Waals surface area contributed by atoms with Crippen LogP contribution in [0, 0.1) is 30.6 Å². The Morgan fingerprint density at radius 3 is 1.54 bits per heavy atom. The lowest BCUT2D eigenvalue weighted by Gasteiger charge is -2.28. The zero-order chi connectivity index (χ0) is 28.6. The van der Waals surface area contributed by atoms with Crippen molar-refractivity contribution in [2.24, 2.45) is 23.7 Å². The summed E-state index contributed by atoms with van der Waals surface area (Å²) in [7, 11) is 1.35.